The molecule has 2 rings (SSSR count). The number of aromatic nitrogens is 2. The minimum absolute atomic E-state index is 0.500. The van der Waals surface area contributed by atoms with Gasteiger partial charge >= 0.3 is 0 Å². The molecule has 0 unspecified atom stereocenters. The first kappa shape index (κ1) is 11.6. The van der Waals surface area contributed by atoms with Crippen molar-refractivity contribution in [2.75, 3.05) is 5.32 Å². The van der Waals surface area contributed by atoms with Crippen LogP contribution in [0.1, 0.15) is 0 Å². The molecule has 0 aliphatic carbocycles. The average molecular weight is 319 g/mol. The molecule has 0 radical (unpaired) electrons. The van der Waals surface area contributed by atoms with Gasteiger partial charge in [0.25, 0.3) is 0 Å². The highest BCUT2D eigenvalue weighted by atomic mass is 79.9. The molecule has 0 spiro atoms. The summed E-state index contributed by atoms with van der Waals surface area (Å²) in [4.78, 5) is 7.99. The molecule has 0 saturated carbocycles. The van der Waals surface area contributed by atoms with Gasteiger partial charge in [0.05, 0.1) is 10.0 Å². The van der Waals surface area contributed by atoms with E-state index in [4.69, 9.17) is 23.2 Å². The van der Waals surface area contributed by atoms with Gasteiger partial charge in [-0.15, -0.1) is 0 Å². The van der Waals surface area contributed by atoms with Crippen LogP contribution in [0.3, 0.4) is 0 Å². The third-order valence-corrected chi connectivity index (χ3v) is 3.00. The Balaban J connectivity index is 2.24. The molecule has 1 heterocycles. The first-order chi connectivity index (χ1) is 7.65. The summed E-state index contributed by atoms with van der Waals surface area (Å²) in [5.41, 5.74) is 0.819. The lowest BCUT2D eigenvalue weighted by atomic mass is 10.3. The van der Waals surface area contributed by atoms with Crippen molar-refractivity contribution in [3.05, 3.63) is 45.2 Å². The van der Waals surface area contributed by atoms with E-state index < -0.39 is 0 Å². The van der Waals surface area contributed by atoms with Gasteiger partial charge < -0.3 is 5.32 Å². The molecule has 0 saturated heterocycles. The van der Waals surface area contributed by atoms with Crippen LogP contribution in [0.4, 0.5) is 11.5 Å². The second kappa shape index (κ2) is 4.99. The van der Waals surface area contributed by atoms with Crippen molar-refractivity contribution in [1.82, 2.24) is 9.97 Å². The smallest absolute Gasteiger partial charge is 0.134 e. The topological polar surface area (TPSA) is 37.8 Å². The fraction of sp³-hybridized carbons (Fsp3) is 0. The first-order valence-corrected chi connectivity index (χ1v) is 5.89. The molecule has 82 valence electrons. The molecule has 2 aromatic rings. The van der Waals surface area contributed by atoms with Gasteiger partial charge in [0.15, 0.2) is 0 Å². The van der Waals surface area contributed by atoms with Gasteiger partial charge in [0.2, 0.25) is 0 Å². The summed E-state index contributed by atoms with van der Waals surface area (Å²) in [6.45, 7) is 0. The zero-order chi connectivity index (χ0) is 11.5. The third-order valence-electron chi connectivity index (χ3n) is 1.83. The van der Waals surface area contributed by atoms with Crippen LogP contribution in [-0.4, -0.2) is 9.97 Å². The van der Waals surface area contributed by atoms with Crippen LogP contribution < -0.4 is 5.32 Å². The van der Waals surface area contributed by atoms with Gasteiger partial charge in [0.1, 0.15) is 16.7 Å². The molecular weight excluding hydrogens is 313 g/mol. The Bertz CT molecular complexity index is 519. The number of nitrogens with zero attached hydrogens (tertiary/aromatic N) is 2. The van der Waals surface area contributed by atoms with E-state index in [0.717, 1.165) is 5.69 Å². The summed E-state index contributed by atoms with van der Waals surface area (Å²) in [6.07, 6.45) is 1.46. The van der Waals surface area contributed by atoms with Crippen molar-refractivity contribution in [2.45, 2.75) is 0 Å². The quantitative estimate of drug-likeness (QED) is 0.839. The number of hydrogen-bond acceptors (Lipinski definition) is 3. The molecule has 16 heavy (non-hydrogen) atoms. The molecule has 1 aromatic carbocycles. The highest BCUT2D eigenvalue weighted by Crippen LogP contribution is 2.26. The van der Waals surface area contributed by atoms with E-state index in [1.165, 1.54) is 6.33 Å². The summed E-state index contributed by atoms with van der Waals surface area (Å²) < 4.78 is 0.713. The van der Waals surface area contributed by atoms with Gasteiger partial charge in [-0.05, 0) is 34.1 Å². The van der Waals surface area contributed by atoms with Crippen molar-refractivity contribution in [2.24, 2.45) is 0 Å². The van der Waals surface area contributed by atoms with E-state index in [-0.39, 0.29) is 0 Å². The molecule has 0 fully saturated rings. The normalized spacial score (nSPS) is 10.2. The molecule has 0 atom stereocenters. The zero-order valence-electron chi connectivity index (χ0n) is 7.92. The Morgan fingerprint density at radius 2 is 1.88 bits per heavy atom. The van der Waals surface area contributed by atoms with Gasteiger partial charge in [0, 0.05) is 11.8 Å². The van der Waals surface area contributed by atoms with Crippen LogP contribution in [0.5, 0.6) is 0 Å². The minimum atomic E-state index is 0.500. The highest BCUT2D eigenvalue weighted by Gasteiger charge is 2.01. The van der Waals surface area contributed by atoms with Crippen LogP contribution >= 0.6 is 39.1 Å². The molecule has 3 nitrogen and oxygen atoms in total. The molecule has 1 N–H and O–H groups in total. The lowest BCUT2D eigenvalue weighted by molar-refractivity contribution is 1.14. The number of rotatable bonds is 2. The van der Waals surface area contributed by atoms with Crippen LogP contribution in [-0.2, 0) is 0 Å². The number of benzene rings is 1. The molecule has 0 amide bonds. The van der Waals surface area contributed by atoms with Crippen LogP contribution in [0.15, 0.2) is 35.2 Å². The first-order valence-electron chi connectivity index (χ1n) is 4.35. The van der Waals surface area contributed by atoms with E-state index in [2.05, 4.69) is 31.2 Å². The van der Waals surface area contributed by atoms with E-state index >= 15 is 0 Å². The Hall–Kier alpha value is -0.840. The summed E-state index contributed by atoms with van der Waals surface area (Å²) in [5, 5.41) is 4.11. The van der Waals surface area contributed by atoms with Gasteiger partial charge in [-0.25, -0.2) is 9.97 Å². The maximum atomic E-state index is 5.90. The fourth-order valence-corrected chi connectivity index (χ4v) is 1.73. The summed E-state index contributed by atoms with van der Waals surface area (Å²) >= 11 is 15.0. The summed E-state index contributed by atoms with van der Waals surface area (Å²) in [5.74, 6) is 0.681. The van der Waals surface area contributed by atoms with Gasteiger partial charge in [-0.2, -0.15) is 0 Å². The van der Waals surface area contributed by atoms with Crippen LogP contribution in [0, 0.1) is 0 Å². The number of halogens is 3. The Kier molecular flexibility index (Phi) is 3.63. The van der Waals surface area contributed by atoms with E-state index in [1.807, 2.05) is 6.07 Å². The van der Waals surface area contributed by atoms with Gasteiger partial charge in [-0.1, -0.05) is 23.2 Å². The molecule has 0 aliphatic rings. The predicted molar refractivity (Wildman–Crippen MR) is 69.5 cm³/mol. The van der Waals surface area contributed by atoms with Crippen LogP contribution in [0.2, 0.25) is 10.0 Å². The lowest BCUT2D eigenvalue weighted by Gasteiger charge is -2.06. The third kappa shape index (κ3) is 2.84. The largest absolute Gasteiger partial charge is 0.340 e. The van der Waals surface area contributed by atoms with Crippen molar-refractivity contribution in [1.29, 1.82) is 0 Å². The number of nitrogens with one attached hydrogen (secondary N) is 1. The monoisotopic (exact) mass is 317 g/mol. The standard InChI is InChI=1S/C10H6BrCl2N3/c11-9-4-10(15-5-14-9)16-6-1-2-7(12)8(13)3-6/h1-5H,(H,14,15,16). The maximum absolute atomic E-state index is 5.90. The molecule has 1 aromatic heterocycles. The Morgan fingerprint density at radius 3 is 2.56 bits per heavy atom. The second-order valence-corrected chi connectivity index (χ2v) is 4.61. The lowest BCUT2D eigenvalue weighted by Crippen LogP contribution is -1.94. The summed E-state index contributed by atoms with van der Waals surface area (Å²) in [7, 11) is 0. The second-order valence-electron chi connectivity index (χ2n) is 2.98. The van der Waals surface area contributed by atoms with Crippen molar-refractivity contribution >= 4 is 50.6 Å². The fourth-order valence-electron chi connectivity index (χ4n) is 1.12. The predicted octanol–water partition coefficient (Wildman–Crippen LogP) is 4.29. The Morgan fingerprint density at radius 1 is 1.06 bits per heavy atom. The number of hydrogen-bond donors (Lipinski definition) is 1. The van der Waals surface area contributed by atoms with E-state index in [1.54, 1.807) is 18.2 Å². The molecule has 6 heteroatoms. The van der Waals surface area contributed by atoms with Crippen molar-refractivity contribution < 1.29 is 0 Å². The zero-order valence-corrected chi connectivity index (χ0v) is 11.0. The Labute approximate surface area is 111 Å². The van der Waals surface area contributed by atoms with E-state index in [9.17, 15) is 0 Å². The average Bonchev–Trinajstić information content (AvgIpc) is 2.24. The SMILES string of the molecule is Clc1ccc(Nc2cc(Br)ncn2)cc1Cl. The van der Waals surface area contributed by atoms with Crippen molar-refractivity contribution in [3.8, 4) is 0 Å². The van der Waals surface area contributed by atoms with Crippen molar-refractivity contribution in [3.63, 3.8) is 0 Å². The van der Waals surface area contributed by atoms with Crippen LogP contribution in [0.25, 0.3) is 0 Å². The number of anilines is 2. The minimum Gasteiger partial charge on any atom is -0.340 e. The highest BCUT2D eigenvalue weighted by molar-refractivity contribution is 9.10. The molecule has 0 bridgehead atoms. The van der Waals surface area contributed by atoms with E-state index in [0.29, 0.717) is 20.5 Å². The summed E-state index contributed by atoms with van der Waals surface area (Å²) in [6, 6.07) is 7.05. The molecule has 0 aliphatic heterocycles. The van der Waals surface area contributed by atoms with Gasteiger partial charge in [-0.3, -0.25) is 0 Å². The molecular formula is C10H6BrCl2N3. The maximum Gasteiger partial charge on any atom is 0.134 e.